The molecule has 0 bridgehead atoms. The number of carbonyl (C=O) groups excluding carboxylic acids is 1. The topological polar surface area (TPSA) is 90.3 Å². The lowest BCUT2D eigenvalue weighted by atomic mass is 10.1. The summed E-state index contributed by atoms with van der Waals surface area (Å²) >= 11 is 0. The molecule has 22 heavy (non-hydrogen) atoms. The molecule has 6 nitrogen and oxygen atoms in total. The molecule has 0 unspecified atom stereocenters. The first-order valence-corrected chi connectivity index (χ1v) is 8.31. The number of rotatable bonds is 5. The second kappa shape index (κ2) is 6.90. The third-order valence-corrected chi connectivity index (χ3v) is 4.53. The summed E-state index contributed by atoms with van der Waals surface area (Å²) in [5.74, 6) is -0.247. The third kappa shape index (κ3) is 5.13. The quantitative estimate of drug-likeness (QED) is 0.894. The molecule has 1 rings (SSSR count). The van der Waals surface area contributed by atoms with Crippen molar-refractivity contribution in [3.63, 3.8) is 0 Å². The first-order valence-electron chi connectivity index (χ1n) is 6.83. The molecule has 0 heterocycles. The first-order chi connectivity index (χ1) is 10.1. The van der Waals surface area contributed by atoms with Gasteiger partial charge in [0.2, 0.25) is 10.0 Å². The zero-order valence-electron chi connectivity index (χ0n) is 13.3. The molecule has 0 radical (unpaired) electrons. The maximum Gasteiger partial charge on any atom is 0.253 e. The van der Waals surface area contributed by atoms with E-state index in [0.717, 1.165) is 0 Å². The Balaban J connectivity index is 2.92. The van der Waals surface area contributed by atoms with Crippen LogP contribution in [0.15, 0.2) is 29.2 Å². The molecular weight excluding hydrogens is 302 g/mol. The Labute approximate surface area is 131 Å². The van der Waals surface area contributed by atoms with Crippen LogP contribution in [0.3, 0.4) is 0 Å². The number of nitrogens with zero attached hydrogens (tertiary/aromatic N) is 2. The first kappa shape index (κ1) is 18.1. The van der Waals surface area contributed by atoms with Crippen molar-refractivity contribution in [2.75, 3.05) is 13.6 Å². The third-order valence-electron chi connectivity index (χ3n) is 2.76. The standard InChI is InChI=1S/C15H21N3O3S/c1-15(2,3)17-22(20,21)13-8-6-12(7-9-13)14(19)18(4)11-5-10-16/h6-9,17H,5,11H2,1-4H3. The number of hydrogen-bond donors (Lipinski definition) is 1. The van der Waals surface area contributed by atoms with Gasteiger partial charge in [-0.2, -0.15) is 5.26 Å². The molecule has 0 saturated heterocycles. The summed E-state index contributed by atoms with van der Waals surface area (Å²) in [6.07, 6.45) is 0.254. The average Bonchev–Trinajstić information content (AvgIpc) is 2.41. The molecule has 0 aliphatic heterocycles. The maximum absolute atomic E-state index is 12.2. The van der Waals surface area contributed by atoms with Crippen molar-refractivity contribution in [1.29, 1.82) is 5.26 Å². The number of amides is 1. The zero-order valence-corrected chi connectivity index (χ0v) is 14.1. The van der Waals surface area contributed by atoms with Gasteiger partial charge in [-0.1, -0.05) is 0 Å². The molecule has 0 saturated carbocycles. The molecule has 1 N–H and O–H groups in total. The molecule has 0 atom stereocenters. The number of benzene rings is 1. The van der Waals surface area contributed by atoms with Crippen LogP contribution in [0.4, 0.5) is 0 Å². The van der Waals surface area contributed by atoms with Gasteiger partial charge in [-0.3, -0.25) is 4.79 Å². The fraction of sp³-hybridized carbons (Fsp3) is 0.467. The highest BCUT2D eigenvalue weighted by Gasteiger charge is 2.22. The van der Waals surface area contributed by atoms with Crippen LogP contribution in [0.1, 0.15) is 37.6 Å². The highest BCUT2D eigenvalue weighted by molar-refractivity contribution is 7.89. The van der Waals surface area contributed by atoms with Crippen LogP contribution < -0.4 is 4.72 Å². The Hall–Kier alpha value is -1.91. The zero-order chi connectivity index (χ0) is 17.0. The molecular formula is C15H21N3O3S. The second-order valence-corrected chi connectivity index (χ2v) is 7.70. The van der Waals surface area contributed by atoms with Crippen LogP contribution in [0.25, 0.3) is 0 Å². The van der Waals surface area contributed by atoms with Gasteiger partial charge in [0.15, 0.2) is 0 Å². The lowest BCUT2D eigenvalue weighted by molar-refractivity contribution is 0.0798. The van der Waals surface area contributed by atoms with Crippen LogP contribution in [0.5, 0.6) is 0 Å². The van der Waals surface area contributed by atoms with E-state index in [-0.39, 0.29) is 17.2 Å². The van der Waals surface area contributed by atoms with Gasteiger partial charge in [0.05, 0.1) is 17.4 Å². The maximum atomic E-state index is 12.2. The van der Waals surface area contributed by atoms with E-state index in [2.05, 4.69) is 4.72 Å². The van der Waals surface area contributed by atoms with Gasteiger partial charge < -0.3 is 4.90 Å². The monoisotopic (exact) mass is 323 g/mol. The van der Waals surface area contributed by atoms with Crippen molar-refractivity contribution in [2.24, 2.45) is 0 Å². The number of hydrogen-bond acceptors (Lipinski definition) is 4. The second-order valence-electron chi connectivity index (χ2n) is 6.01. The minimum atomic E-state index is -3.61. The van der Waals surface area contributed by atoms with Crippen molar-refractivity contribution in [3.8, 4) is 6.07 Å². The van der Waals surface area contributed by atoms with Crippen LogP contribution in [-0.2, 0) is 10.0 Å². The molecule has 0 aliphatic rings. The summed E-state index contributed by atoms with van der Waals surface area (Å²) in [5, 5.41) is 8.52. The Morgan fingerprint density at radius 1 is 1.27 bits per heavy atom. The summed E-state index contributed by atoms with van der Waals surface area (Å²) in [7, 11) is -2.01. The normalized spacial score (nSPS) is 11.8. The van der Waals surface area contributed by atoms with E-state index in [1.165, 1.54) is 29.2 Å². The van der Waals surface area contributed by atoms with Crippen LogP contribution in [0.2, 0.25) is 0 Å². The van der Waals surface area contributed by atoms with Gasteiger partial charge in [0.1, 0.15) is 0 Å². The van der Waals surface area contributed by atoms with E-state index in [0.29, 0.717) is 12.1 Å². The highest BCUT2D eigenvalue weighted by Crippen LogP contribution is 2.14. The molecule has 0 aromatic heterocycles. The van der Waals surface area contributed by atoms with Crippen molar-refractivity contribution in [1.82, 2.24) is 9.62 Å². The molecule has 1 aromatic rings. The van der Waals surface area contributed by atoms with E-state index >= 15 is 0 Å². The number of nitrogens with one attached hydrogen (secondary N) is 1. The summed E-state index contributed by atoms with van der Waals surface area (Å²) in [4.78, 5) is 13.6. The molecule has 0 spiro atoms. The van der Waals surface area contributed by atoms with E-state index in [1.54, 1.807) is 27.8 Å². The smallest absolute Gasteiger partial charge is 0.253 e. The summed E-state index contributed by atoms with van der Waals surface area (Å²) in [6, 6.07) is 7.73. The van der Waals surface area contributed by atoms with Crippen molar-refractivity contribution >= 4 is 15.9 Å². The van der Waals surface area contributed by atoms with Gasteiger partial charge in [-0.05, 0) is 45.0 Å². The molecule has 0 aliphatic carbocycles. The van der Waals surface area contributed by atoms with E-state index in [9.17, 15) is 13.2 Å². The minimum absolute atomic E-state index is 0.110. The van der Waals surface area contributed by atoms with Crippen molar-refractivity contribution in [2.45, 2.75) is 37.6 Å². The van der Waals surface area contributed by atoms with Crippen LogP contribution in [0, 0.1) is 11.3 Å². The average molecular weight is 323 g/mol. The van der Waals surface area contributed by atoms with Gasteiger partial charge >= 0.3 is 0 Å². The predicted molar refractivity (Wildman–Crippen MR) is 83.7 cm³/mol. The fourth-order valence-electron chi connectivity index (χ4n) is 1.78. The number of sulfonamides is 1. The molecule has 1 amide bonds. The van der Waals surface area contributed by atoms with Gasteiger partial charge in [-0.15, -0.1) is 0 Å². The largest absolute Gasteiger partial charge is 0.341 e. The van der Waals surface area contributed by atoms with Crippen LogP contribution >= 0.6 is 0 Å². The highest BCUT2D eigenvalue weighted by atomic mass is 32.2. The summed E-state index contributed by atoms with van der Waals surface area (Å²) < 4.78 is 26.9. The Morgan fingerprint density at radius 3 is 2.27 bits per heavy atom. The fourth-order valence-corrected chi connectivity index (χ4v) is 3.20. The summed E-state index contributed by atoms with van der Waals surface area (Å²) in [5.41, 5.74) is -0.194. The lowest BCUT2D eigenvalue weighted by Crippen LogP contribution is -2.40. The molecule has 1 aromatic carbocycles. The molecule has 120 valence electrons. The number of carbonyl (C=O) groups is 1. The Kier molecular flexibility index (Phi) is 5.69. The number of nitriles is 1. The van der Waals surface area contributed by atoms with Gasteiger partial charge in [0, 0.05) is 24.7 Å². The summed E-state index contributed by atoms with van der Waals surface area (Å²) in [6.45, 7) is 5.60. The van der Waals surface area contributed by atoms with Crippen molar-refractivity contribution < 1.29 is 13.2 Å². The lowest BCUT2D eigenvalue weighted by Gasteiger charge is -2.20. The van der Waals surface area contributed by atoms with Gasteiger partial charge in [0.25, 0.3) is 5.91 Å². The van der Waals surface area contributed by atoms with E-state index in [4.69, 9.17) is 5.26 Å². The predicted octanol–water partition coefficient (Wildman–Crippen LogP) is 1.75. The van der Waals surface area contributed by atoms with Crippen LogP contribution in [-0.4, -0.2) is 38.4 Å². The van der Waals surface area contributed by atoms with Gasteiger partial charge in [-0.25, -0.2) is 13.1 Å². The van der Waals surface area contributed by atoms with E-state index < -0.39 is 15.6 Å². The SMILES string of the molecule is CN(CCC#N)C(=O)c1ccc(S(=O)(=O)NC(C)(C)C)cc1. The van der Waals surface area contributed by atoms with E-state index in [1.807, 2.05) is 6.07 Å². The van der Waals surface area contributed by atoms with Crippen molar-refractivity contribution in [3.05, 3.63) is 29.8 Å². The minimum Gasteiger partial charge on any atom is -0.341 e. The molecule has 0 fully saturated rings. The Morgan fingerprint density at radius 2 is 1.82 bits per heavy atom. The molecule has 7 heteroatoms. The Bertz CT molecular complexity index is 667.